The van der Waals surface area contributed by atoms with E-state index in [0.717, 1.165) is 11.5 Å². The van der Waals surface area contributed by atoms with Crippen molar-refractivity contribution in [3.05, 3.63) is 95.1 Å². The van der Waals surface area contributed by atoms with Crippen molar-refractivity contribution in [3.63, 3.8) is 0 Å². The van der Waals surface area contributed by atoms with Gasteiger partial charge in [-0.2, -0.15) is 0 Å². The molecule has 0 radical (unpaired) electrons. The van der Waals surface area contributed by atoms with Gasteiger partial charge in [-0.05, 0) is 52.0 Å². The van der Waals surface area contributed by atoms with Crippen molar-refractivity contribution in [1.29, 1.82) is 0 Å². The molecule has 0 aromatic heterocycles. The molecule has 0 fully saturated rings. The Balaban J connectivity index is -0.000000333. The Morgan fingerprint density at radius 3 is 0.724 bits per heavy atom. The molecule has 0 aliphatic carbocycles. The minimum atomic E-state index is 0. The SMILES string of the molecule is C.C.C.COc1ccc(C)cc1.COc1ccc(C)cc1.Cc1ccc(C)cc1. The van der Waals surface area contributed by atoms with Crippen LogP contribution in [0, 0.1) is 27.7 Å². The summed E-state index contributed by atoms with van der Waals surface area (Å²) in [7, 11) is 3.34. The third-order valence-electron chi connectivity index (χ3n) is 3.73. The van der Waals surface area contributed by atoms with Gasteiger partial charge in [-0.25, -0.2) is 0 Å². The normalized spacial score (nSPS) is 8.21. The fourth-order valence-corrected chi connectivity index (χ4v) is 1.99. The summed E-state index contributed by atoms with van der Waals surface area (Å²) < 4.78 is 9.94. The van der Waals surface area contributed by atoms with Crippen LogP contribution in [0.3, 0.4) is 0 Å². The van der Waals surface area contributed by atoms with Crippen LogP contribution in [0.15, 0.2) is 72.8 Å². The summed E-state index contributed by atoms with van der Waals surface area (Å²) in [5.41, 5.74) is 5.18. The van der Waals surface area contributed by atoms with Crippen molar-refractivity contribution >= 4 is 0 Å². The van der Waals surface area contributed by atoms with Crippen molar-refractivity contribution in [1.82, 2.24) is 0 Å². The lowest BCUT2D eigenvalue weighted by Gasteiger charge is -1.97. The standard InChI is InChI=1S/2C8H10O.C8H10.3CH4/c2*1-7-3-5-8(9-2)6-4-7;1-7-3-5-8(2)6-4-7;;;/h2*3-6H,1-2H3;3-6H,1-2H3;3*1H4. The maximum absolute atomic E-state index is 4.97. The second-order valence-corrected chi connectivity index (χ2v) is 6.19. The summed E-state index contributed by atoms with van der Waals surface area (Å²) in [5, 5.41) is 0. The van der Waals surface area contributed by atoms with Crippen LogP contribution in [-0.2, 0) is 0 Å². The van der Waals surface area contributed by atoms with Crippen LogP contribution in [0.5, 0.6) is 11.5 Å². The van der Waals surface area contributed by atoms with Gasteiger partial charge in [0.25, 0.3) is 0 Å². The van der Waals surface area contributed by atoms with E-state index in [9.17, 15) is 0 Å². The molecule has 0 unspecified atom stereocenters. The molecule has 0 bridgehead atoms. The molecule has 3 aromatic carbocycles. The van der Waals surface area contributed by atoms with Crippen LogP contribution >= 0.6 is 0 Å². The van der Waals surface area contributed by atoms with E-state index in [-0.39, 0.29) is 22.3 Å². The highest BCUT2D eigenvalue weighted by molar-refractivity contribution is 5.26. The largest absolute Gasteiger partial charge is 0.497 e. The van der Waals surface area contributed by atoms with Gasteiger partial charge < -0.3 is 9.47 Å². The van der Waals surface area contributed by atoms with Gasteiger partial charge in [0.1, 0.15) is 11.5 Å². The molecular formula is C27H42O2. The van der Waals surface area contributed by atoms with Gasteiger partial charge in [0.05, 0.1) is 14.2 Å². The Morgan fingerprint density at radius 2 is 0.552 bits per heavy atom. The van der Waals surface area contributed by atoms with Crippen molar-refractivity contribution in [2.75, 3.05) is 14.2 Å². The fourth-order valence-electron chi connectivity index (χ4n) is 1.99. The third kappa shape index (κ3) is 14.0. The smallest absolute Gasteiger partial charge is 0.118 e. The lowest BCUT2D eigenvalue weighted by Crippen LogP contribution is -1.80. The Kier molecular flexibility index (Phi) is 18.5. The molecular weight excluding hydrogens is 356 g/mol. The van der Waals surface area contributed by atoms with Crippen LogP contribution in [0.1, 0.15) is 44.5 Å². The van der Waals surface area contributed by atoms with E-state index in [1.807, 2.05) is 48.5 Å². The molecule has 0 saturated carbocycles. The second kappa shape index (κ2) is 17.4. The van der Waals surface area contributed by atoms with Gasteiger partial charge in [0, 0.05) is 0 Å². The average Bonchev–Trinajstić information content (AvgIpc) is 2.66. The van der Waals surface area contributed by atoms with Gasteiger partial charge in [0.2, 0.25) is 0 Å². The first kappa shape index (κ1) is 31.0. The molecule has 29 heavy (non-hydrogen) atoms. The zero-order chi connectivity index (χ0) is 19.4. The second-order valence-electron chi connectivity index (χ2n) is 6.19. The third-order valence-corrected chi connectivity index (χ3v) is 3.73. The highest BCUT2D eigenvalue weighted by atomic mass is 16.5. The van der Waals surface area contributed by atoms with Crippen molar-refractivity contribution in [2.24, 2.45) is 0 Å². The molecule has 0 saturated heterocycles. The molecule has 3 aromatic rings. The number of hydrogen-bond acceptors (Lipinski definition) is 2. The lowest BCUT2D eigenvalue weighted by molar-refractivity contribution is 0.414. The Labute approximate surface area is 180 Å². The van der Waals surface area contributed by atoms with E-state index in [1.165, 1.54) is 22.3 Å². The van der Waals surface area contributed by atoms with E-state index in [0.29, 0.717) is 0 Å². The van der Waals surface area contributed by atoms with Crippen molar-refractivity contribution in [3.8, 4) is 11.5 Å². The van der Waals surface area contributed by atoms with Crippen LogP contribution in [-0.4, -0.2) is 14.2 Å². The first-order chi connectivity index (χ1) is 12.4. The van der Waals surface area contributed by atoms with Crippen LogP contribution in [0.2, 0.25) is 0 Å². The molecule has 0 aliphatic heterocycles. The number of ether oxygens (including phenoxy) is 2. The minimum Gasteiger partial charge on any atom is -0.497 e. The summed E-state index contributed by atoms with van der Waals surface area (Å²) in [6.07, 6.45) is 0. The van der Waals surface area contributed by atoms with Gasteiger partial charge in [0.15, 0.2) is 0 Å². The highest BCUT2D eigenvalue weighted by Gasteiger charge is 1.86. The number of benzene rings is 3. The maximum Gasteiger partial charge on any atom is 0.118 e. The lowest BCUT2D eigenvalue weighted by atomic mass is 10.2. The number of methoxy groups -OCH3 is 2. The van der Waals surface area contributed by atoms with E-state index in [2.05, 4.69) is 52.0 Å². The van der Waals surface area contributed by atoms with Crippen LogP contribution in [0.25, 0.3) is 0 Å². The summed E-state index contributed by atoms with van der Waals surface area (Å²) in [4.78, 5) is 0. The summed E-state index contributed by atoms with van der Waals surface area (Å²) in [6, 6.07) is 24.4. The monoisotopic (exact) mass is 398 g/mol. The van der Waals surface area contributed by atoms with Gasteiger partial charge in [-0.15, -0.1) is 0 Å². The molecule has 0 amide bonds. The maximum atomic E-state index is 4.97. The van der Waals surface area contributed by atoms with Crippen molar-refractivity contribution < 1.29 is 9.47 Å². The molecule has 2 nitrogen and oxygen atoms in total. The van der Waals surface area contributed by atoms with E-state index in [4.69, 9.17) is 9.47 Å². The first-order valence-electron chi connectivity index (χ1n) is 8.69. The average molecular weight is 399 g/mol. The minimum absolute atomic E-state index is 0. The zero-order valence-electron chi connectivity index (χ0n) is 16.7. The first-order valence-corrected chi connectivity index (χ1v) is 8.69. The van der Waals surface area contributed by atoms with E-state index >= 15 is 0 Å². The Bertz CT molecular complexity index is 661. The Hall–Kier alpha value is -2.74. The summed E-state index contributed by atoms with van der Waals surface area (Å²) in [5.74, 6) is 1.83. The fraction of sp³-hybridized carbons (Fsp3) is 0.333. The molecule has 0 atom stereocenters. The van der Waals surface area contributed by atoms with Crippen molar-refractivity contribution in [2.45, 2.75) is 50.0 Å². The molecule has 0 heterocycles. The summed E-state index contributed by atoms with van der Waals surface area (Å²) >= 11 is 0. The molecule has 0 aliphatic rings. The quantitative estimate of drug-likeness (QED) is 0.433. The number of aryl methyl sites for hydroxylation is 4. The molecule has 162 valence electrons. The number of rotatable bonds is 2. The van der Waals surface area contributed by atoms with Gasteiger partial charge in [-0.1, -0.05) is 93.1 Å². The molecule has 2 heteroatoms. The predicted octanol–water partition coefficient (Wildman–Crippen LogP) is 8.22. The predicted molar refractivity (Wildman–Crippen MR) is 132 cm³/mol. The van der Waals surface area contributed by atoms with Crippen LogP contribution in [0.4, 0.5) is 0 Å². The van der Waals surface area contributed by atoms with Crippen LogP contribution < -0.4 is 9.47 Å². The molecule has 0 N–H and O–H groups in total. The van der Waals surface area contributed by atoms with E-state index < -0.39 is 0 Å². The zero-order valence-corrected chi connectivity index (χ0v) is 16.7. The molecule has 0 spiro atoms. The Morgan fingerprint density at radius 1 is 0.379 bits per heavy atom. The van der Waals surface area contributed by atoms with Gasteiger partial charge >= 0.3 is 0 Å². The molecule has 3 rings (SSSR count). The summed E-state index contributed by atoms with van der Waals surface area (Å²) in [6.45, 7) is 8.30. The number of hydrogen-bond donors (Lipinski definition) is 0. The van der Waals surface area contributed by atoms with E-state index in [1.54, 1.807) is 14.2 Å². The topological polar surface area (TPSA) is 18.5 Å². The van der Waals surface area contributed by atoms with Gasteiger partial charge in [-0.3, -0.25) is 0 Å². The highest BCUT2D eigenvalue weighted by Crippen LogP contribution is 2.10.